The molecule has 7 rings (SSSR count). The molecular weight excluding hydrogens is 432 g/mol. The summed E-state index contributed by atoms with van der Waals surface area (Å²) in [5.74, 6) is 1.97. The second-order valence-corrected chi connectivity index (χ2v) is 13.4. The van der Waals surface area contributed by atoms with Gasteiger partial charge in [-0.05, 0) is 75.0 Å². The molecule has 0 amide bonds. The third kappa shape index (κ3) is 2.44. The van der Waals surface area contributed by atoms with Crippen LogP contribution in [0.1, 0.15) is 72.1 Å². The molecule has 4 saturated carbocycles. The van der Waals surface area contributed by atoms with Crippen LogP contribution in [0.15, 0.2) is 12.2 Å². The van der Waals surface area contributed by atoms with Crippen LogP contribution in [0.4, 0.5) is 0 Å². The van der Waals surface area contributed by atoms with E-state index in [-0.39, 0.29) is 41.7 Å². The standard InChI is InChI=1S/C28H38O6/c1-14-24(31)33-21-12-26(14,3)32-13-17(21)19-6-5-18-16-10-23-28(34-23)11-15(29)9-22(30)27(28,4)20(16)7-8-25(18,19)2/h15-21,23,29H,1,5-13H2,2-4H3/t15-,16+,17+,18+,19-,20+,21-,23-,25+,26-,27+,28-/m1/s1. The summed E-state index contributed by atoms with van der Waals surface area (Å²) in [5.41, 5.74) is -0.872. The van der Waals surface area contributed by atoms with Gasteiger partial charge in [-0.15, -0.1) is 0 Å². The Bertz CT molecular complexity index is 991. The van der Waals surface area contributed by atoms with Crippen LogP contribution in [-0.4, -0.2) is 53.0 Å². The van der Waals surface area contributed by atoms with E-state index in [1.54, 1.807) is 0 Å². The largest absolute Gasteiger partial charge is 0.458 e. The molecule has 2 bridgehead atoms. The van der Waals surface area contributed by atoms with Gasteiger partial charge in [-0.25, -0.2) is 4.79 Å². The average Bonchev–Trinajstić information content (AvgIpc) is 3.36. The predicted octanol–water partition coefficient (Wildman–Crippen LogP) is 3.59. The summed E-state index contributed by atoms with van der Waals surface area (Å²) in [6.45, 7) is 11.2. The zero-order chi connectivity index (χ0) is 23.8. The lowest BCUT2D eigenvalue weighted by molar-refractivity contribution is -0.201. The summed E-state index contributed by atoms with van der Waals surface area (Å²) in [7, 11) is 0. The van der Waals surface area contributed by atoms with Crippen molar-refractivity contribution >= 4 is 11.8 Å². The number of aliphatic hydroxyl groups excluding tert-OH is 1. The van der Waals surface area contributed by atoms with Crippen LogP contribution in [0, 0.1) is 40.4 Å². The number of rotatable bonds is 1. The maximum Gasteiger partial charge on any atom is 0.336 e. The summed E-state index contributed by atoms with van der Waals surface area (Å²) in [6, 6.07) is 0. The maximum absolute atomic E-state index is 13.4. The highest BCUT2D eigenvalue weighted by Crippen LogP contribution is 2.73. The molecule has 3 aliphatic heterocycles. The van der Waals surface area contributed by atoms with E-state index in [1.807, 2.05) is 6.92 Å². The van der Waals surface area contributed by atoms with E-state index < -0.39 is 22.7 Å². The number of ketones is 1. The molecule has 7 fully saturated rings. The molecule has 6 nitrogen and oxygen atoms in total. The summed E-state index contributed by atoms with van der Waals surface area (Å²) in [6.07, 6.45) is 6.50. The van der Waals surface area contributed by atoms with Crippen molar-refractivity contribution in [3.05, 3.63) is 12.2 Å². The number of ether oxygens (including phenoxy) is 3. The molecular formula is C28H38O6. The van der Waals surface area contributed by atoms with Gasteiger partial charge in [-0.1, -0.05) is 13.5 Å². The first-order chi connectivity index (χ1) is 16.0. The smallest absolute Gasteiger partial charge is 0.336 e. The fourth-order valence-corrected chi connectivity index (χ4v) is 10.4. The van der Waals surface area contributed by atoms with Crippen molar-refractivity contribution in [1.29, 1.82) is 0 Å². The minimum absolute atomic E-state index is 0.0975. The highest BCUT2D eigenvalue weighted by atomic mass is 16.6. The summed E-state index contributed by atoms with van der Waals surface area (Å²) in [4.78, 5) is 25.9. The lowest BCUT2D eigenvalue weighted by Gasteiger charge is -2.59. The number of aliphatic hydroxyl groups is 1. The van der Waals surface area contributed by atoms with Crippen LogP contribution in [0.25, 0.3) is 0 Å². The van der Waals surface area contributed by atoms with Crippen molar-refractivity contribution in [3.8, 4) is 0 Å². The Morgan fingerprint density at radius 1 is 1.00 bits per heavy atom. The quantitative estimate of drug-likeness (QED) is 0.358. The van der Waals surface area contributed by atoms with Gasteiger partial charge in [0.25, 0.3) is 0 Å². The number of fused-ring (bicyclic) bond motifs is 6. The second-order valence-electron chi connectivity index (χ2n) is 13.4. The van der Waals surface area contributed by atoms with Crippen molar-refractivity contribution in [2.45, 2.75) is 102 Å². The van der Waals surface area contributed by atoms with Crippen molar-refractivity contribution in [3.63, 3.8) is 0 Å². The molecule has 0 aromatic carbocycles. The second kappa shape index (κ2) is 6.54. The lowest BCUT2D eigenvalue weighted by Crippen LogP contribution is -2.63. The fraction of sp³-hybridized carbons (Fsp3) is 0.857. The molecule has 34 heavy (non-hydrogen) atoms. The summed E-state index contributed by atoms with van der Waals surface area (Å²) in [5, 5.41) is 10.4. The van der Waals surface area contributed by atoms with Crippen LogP contribution in [0.2, 0.25) is 0 Å². The van der Waals surface area contributed by atoms with Gasteiger partial charge >= 0.3 is 5.97 Å². The van der Waals surface area contributed by atoms with Gasteiger partial charge < -0.3 is 19.3 Å². The monoisotopic (exact) mass is 470 g/mol. The van der Waals surface area contributed by atoms with Gasteiger partial charge in [0.2, 0.25) is 0 Å². The first kappa shape index (κ1) is 22.0. The third-order valence-electron chi connectivity index (χ3n) is 12.3. The first-order valence-corrected chi connectivity index (χ1v) is 13.5. The maximum atomic E-state index is 13.4. The summed E-state index contributed by atoms with van der Waals surface area (Å²) < 4.78 is 18.6. The van der Waals surface area contributed by atoms with E-state index in [2.05, 4.69) is 20.4 Å². The van der Waals surface area contributed by atoms with Crippen LogP contribution in [-0.2, 0) is 23.8 Å². The first-order valence-electron chi connectivity index (χ1n) is 13.5. The van der Waals surface area contributed by atoms with E-state index >= 15 is 0 Å². The van der Waals surface area contributed by atoms with Gasteiger partial charge in [-0.2, -0.15) is 0 Å². The number of esters is 1. The number of hydrogen-bond donors (Lipinski definition) is 1. The highest BCUT2D eigenvalue weighted by molar-refractivity contribution is 5.91. The van der Waals surface area contributed by atoms with E-state index in [0.29, 0.717) is 48.7 Å². The minimum Gasteiger partial charge on any atom is -0.458 e. The van der Waals surface area contributed by atoms with Crippen molar-refractivity contribution in [2.24, 2.45) is 40.4 Å². The molecule has 3 heterocycles. The normalized spacial score (nSPS) is 59.9. The predicted molar refractivity (Wildman–Crippen MR) is 123 cm³/mol. The minimum atomic E-state index is -0.594. The molecule has 4 aliphatic carbocycles. The SMILES string of the molecule is C=C1C(=O)O[C@@H]2C[C@@]1(C)OC[C@H]2[C@H]1CC[C@H]2[C@@H]3C[C@H]4O[C@]45C[C@H](O)CC(=O)[C@]5(C)[C@H]3CC[C@]12C. The van der Waals surface area contributed by atoms with Gasteiger partial charge in [0.05, 0.1) is 29.8 Å². The third-order valence-corrected chi connectivity index (χ3v) is 12.3. The van der Waals surface area contributed by atoms with Gasteiger partial charge in [-0.3, -0.25) is 4.79 Å². The van der Waals surface area contributed by atoms with Crippen LogP contribution >= 0.6 is 0 Å². The Morgan fingerprint density at radius 3 is 2.50 bits per heavy atom. The molecule has 0 aromatic heterocycles. The van der Waals surface area contributed by atoms with Crippen molar-refractivity contribution in [2.75, 3.05) is 6.61 Å². The van der Waals surface area contributed by atoms with Gasteiger partial charge in [0.15, 0.2) is 0 Å². The molecule has 0 aromatic rings. The molecule has 12 atom stereocenters. The molecule has 3 saturated heterocycles. The van der Waals surface area contributed by atoms with Gasteiger partial charge in [0.1, 0.15) is 23.1 Å². The molecule has 6 heteroatoms. The zero-order valence-corrected chi connectivity index (χ0v) is 20.7. The Kier molecular flexibility index (Phi) is 4.23. The molecule has 0 radical (unpaired) electrons. The Labute approximate surface area is 201 Å². The van der Waals surface area contributed by atoms with Crippen LogP contribution < -0.4 is 0 Å². The van der Waals surface area contributed by atoms with Crippen LogP contribution in [0.3, 0.4) is 0 Å². The van der Waals surface area contributed by atoms with Crippen LogP contribution in [0.5, 0.6) is 0 Å². The van der Waals surface area contributed by atoms with E-state index in [1.165, 1.54) is 0 Å². The van der Waals surface area contributed by atoms with Gasteiger partial charge in [0, 0.05) is 25.2 Å². The molecule has 0 unspecified atom stereocenters. The van der Waals surface area contributed by atoms with E-state index in [4.69, 9.17) is 14.2 Å². The topological polar surface area (TPSA) is 85.4 Å². The Morgan fingerprint density at radius 2 is 1.74 bits per heavy atom. The number of carbonyl (C=O) groups is 2. The van der Waals surface area contributed by atoms with Crippen molar-refractivity contribution in [1.82, 2.24) is 0 Å². The molecule has 7 aliphatic rings. The van der Waals surface area contributed by atoms with E-state index in [9.17, 15) is 14.7 Å². The lowest BCUT2D eigenvalue weighted by atomic mass is 9.44. The Hall–Kier alpha value is -1.24. The molecule has 1 N–H and O–H groups in total. The average molecular weight is 471 g/mol. The number of epoxide rings is 1. The zero-order valence-electron chi connectivity index (χ0n) is 20.7. The summed E-state index contributed by atoms with van der Waals surface area (Å²) >= 11 is 0. The highest BCUT2D eigenvalue weighted by Gasteiger charge is 2.79. The number of Topliss-reactive ketones (excluding diaryl/α,β-unsaturated/α-hetero) is 1. The molecule has 186 valence electrons. The van der Waals surface area contributed by atoms with E-state index in [0.717, 1.165) is 32.1 Å². The molecule has 1 spiro atoms. The fourth-order valence-electron chi connectivity index (χ4n) is 10.4. The number of carbonyl (C=O) groups excluding carboxylic acids is 2. The number of hydrogen-bond acceptors (Lipinski definition) is 6. The Balaban J connectivity index is 1.18. The van der Waals surface area contributed by atoms with Crippen molar-refractivity contribution < 1.29 is 28.9 Å².